The predicted molar refractivity (Wildman–Crippen MR) is 128 cm³/mol. The molecule has 1 N–H and O–H groups in total. The van der Waals surface area contributed by atoms with Crippen LogP contribution in [0.5, 0.6) is 0 Å². The van der Waals surface area contributed by atoms with Crippen molar-refractivity contribution in [1.29, 1.82) is 0 Å². The first kappa shape index (κ1) is 20.5. The number of benzene rings is 2. The normalized spacial score (nSPS) is 19.0. The summed E-state index contributed by atoms with van der Waals surface area (Å²) in [6, 6.07) is 20.6. The molecule has 0 spiro atoms. The third-order valence-corrected chi connectivity index (χ3v) is 6.88. The second-order valence-corrected chi connectivity index (χ2v) is 9.09. The van der Waals surface area contributed by atoms with E-state index < -0.39 is 5.91 Å². The number of hydrogen-bond donors (Lipinski definition) is 1. The highest BCUT2D eigenvalue weighted by Crippen LogP contribution is 2.36. The number of piperidine rings is 1. The van der Waals surface area contributed by atoms with Crippen molar-refractivity contribution < 1.29 is 14.0 Å². The van der Waals surface area contributed by atoms with Crippen LogP contribution in [0.1, 0.15) is 38.9 Å². The topological polar surface area (TPSA) is 84.5 Å². The number of amides is 2. The van der Waals surface area contributed by atoms with Gasteiger partial charge in [-0.2, -0.15) is 0 Å². The summed E-state index contributed by atoms with van der Waals surface area (Å²) < 4.78 is 6.88. The molecule has 2 atom stereocenters. The van der Waals surface area contributed by atoms with Crippen LogP contribution in [-0.4, -0.2) is 34.4 Å². The predicted octanol–water partition coefficient (Wildman–Crippen LogP) is 4.11. The lowest BCUT2D eigenvalue weighted by molar-refractivity contribution is 0.0594. The minimum Gasteiger partial charge on any atom is -0.459 e. The number of nitrogens with zero attached hydrogens (tertiary/aromatic N) is 2. The molecule has 0 radical (unpaired) electrons. The van der Waals surface area contributed by atoms with E-state index in [9.17, 15) is 14.4 Å². The van der Waals surface area contributed by atoms with Crippen molar-refractivity contribution in [3.05, 3.63) is 100 Å². The number of likely N-dealkylation sites (tertiary alicyclic amines) is 1. The highest BCUT2D eigenvalue weighted by atomic mass is 16.3. The Balaban J connectivity index is 1.25. The Hall–Kier alpha value is -4.13. The number of pyridine rings is 1. The van der Waals surface area contributed by atoms with Gasteiger partial charge in [0.1, 0.15) is 5.69 Å². The van der Waals surface area contributed by atoms with E-state index >= 15 is 0 Å². The molecule has 2 amide bonds. The number of fused-ring (bicyclic) bond motifs is 5. The first-order valence-corrected chi connectivity index (χ1v) is 11.4. The third kappa shape index (κ3) is 3.50. The number of rotatable bonds is 3. The number of hydrogen-bond acceptors (Lipinski definition) is 4. The number of carbonyl (C=O) groups is 2. The fourth-order valence-electron chi connectivity index (χ4n) is 5.30. The summed E-state index contributed by atoms with van der Waals surface area (Å²) >= 11 is 0. The van der Waals surface area contributed by atoms with Gasteiger partial charge in [0.15, 0.2) is 5.76 Å². The highest BCUT2D eigenvalue weighted by molar-refractivity contribution is 6.02. The summed E-state index contributed by atoms with van der Waals surface area (Å²) in [6.45, 7) is 1.70. The fourth-order valence-corrected chi connectivity index (χ4v) is 5.30. The molecule has 2 aliphatic heterocycles. The Morgan fingerprint density at radius 1 is 0.912 bits per heavy atom. The average molecular weight is 453 g/mol. The van der Waals surface area contributed by atoms with Crippen molar-refractivity contribution in [3.8, 4) is 0 Å². The Bertz CT molecular complexity index is 1470. The number of aromatic nitrogens is 1. The summed E-state index contributed by atoms with van der Waals surface area (Å²) in [4.78, 5) is 40.7. The lowest BCUT2D eigenvalue weighted by atomic mass is 9.83. The van der Waals surface area contributed by atoms with Crippen LogP contribution in [-0.2, 0) is 6.54 Å². The van der Waals surface area contributed by atoms with Crippen molar-refractivity contribution in [3.63, 3.8) is 0 Å². The zero-order valence-corrected chi connectivity index (χ0v) is 18.4. The van der Waals surface area contributed by atoms with E-state index in [1.165, 1.54) is 6.26 Å². The molecule has 7 heteroatoms. The SMILES string of the molecule is O=C(Nc1ccc2n(c1=O)CC1CC2CN(C(=O)c2ccc3ccccc3c2)C1)c1ccco1. The largest absolute Gasteiger partial charge is 0.459 e. The molecule has 0 aliphatic carbocycles. The van der Waals surface area contributed by atoms with Gasteiger partial charge in [-0.15, -0.1) is 0 Å². The summed E-state index contributed by atoms with van der Waals surface area (Å²) in [5.74, 6) is -0.00459. The molecule has 2 aliphatic rings. The molecule has 2 bridgehead atoms. The maximum atomic E-state index is 13.3. The Morgan fingerprint density at radius 3 is 2.59 bits per heavy atom. The van der Waals surface area contributed by atoms with Crippen LogP contribution in [0.15, 0.2) is 82.2 Å². The van der Waals surface area contributed by atoms with E-state index in [0.29, 0.717) is 25.2 Å². The highest BCUT2D eigenvalue weighted by Gasteiger charge is 2.37. The summed E-state index contributed by atoms with van der Waals surface area (Å²) in [5.41, 5.74) is 1.61. The summed E-state index contributed by atoms with van der Waals surface area (Å²) in [6.07, 6.45) is 2.36. The second-order valence-electron chi connectivity index (χ2n) is 9.09. The van der Waals surface area contributed by atoms with Crippen LogP contribution in [0.3, 0.4) is 0 Å². The zero-order chi connectivity index (χ0) is 23.2. The van der Waals surface area contributed by atoms with Crippen LogP contribution in [0.25, 0.3) is 10.8 Å². The molecule has 6 rings (SSSR count). The van der Waals surface area contributed by atoms with E-state index in [2.05, 4.69) is 5.32 Å². The van der Waals surface area contributed by atoms with E-state index in [1.807, 2.05) is 53.4 Å². The first-order chi connectivity index (χ1) is 16.6. The smallest absolute Gasteiger partial charge is 0.291 e. The molecule has 4 heterocycles. The second kappa shape index (κ2) is 8.02. The van der Waals surface area contributed by atoms with Gasteiger partial charge in [0.2, 0.25) is 0 Å². The van der Waals surface area contributed by atoms with Gasteiger partial charge < -0.3 is 19.2 Å². The molecule has 4 aromatic rings. The number of carbonyl (C=O) groups excluding carboxylic acids is 2. The van der Waals surface area contributed by atoms with Crippen molar-refractivity contribution >= 4 is 28.3 Å². The average Bonchev–Trinajstić information content (AvgIpc) is 3.40. The molecular weight excluding hydrogens is 430 g/mol. The van der Waals surface area contributed by atoms with Crippen LogP contribution in [0.4, 0.5) is 5.69 Å². The lowest BCUT2D eigenvalue weighted by Crippen LogP contribution is -2.49. The Labute approximate surface area is 195 Å². The molecule has 1 saturated heterocycles. The number of anilines is 1. The Kier molecular flexibility index (Phi) is 4.83. The maximum Gasteiger partial charge on any atom is 0.291 e. The first-order valence-electron chi connectivity index (χ1n) is 11.4. The van der Waals surface area contributed by atoms with Gasteiger partial charge in [0.25, 0.3) is 17.4 Å². The molecule has 170 valence electrons. The maximum absolute atomic E-state index is 13.3. The van der Waals surface area contributed by atoms with Gasteiger partial charge in [0, 0.05) is 36.8 Å². The minimum atomic E-state index is -0.453. The van der Waals surface area contributed by atoms with Gasteiger partial charge in [-0.1, -0.05) is 30.3 Å². The lowest BCUT2D eigenvalue weighted by Gasteiger charge is -2.43. The van der Waals surface area contributed by atoms with E-state index in [0.717, 1.165) is 22.9 Å². The van der Waals surface area contributed by atoms with Gasteiger partial charge in [0.05, 0.1) is 6.26 Å². The van der Waals surface area contributed by atoms with Gasteiger partial charge in [-0.25, -0.2) is 0 Å². The molecule has 1 fully saturated rings. The Morgan fingerprint density at radius 2 is 1.76 bits per heavy atom. The van der Waals surface area contributed by atoms with Crippen molar-refractivity contribution in [2.24, 2.45) is 5.92 Å². The van der Waals surface area contributed by atoms with Gasteiger partial charge >= 0.3 is 0 Å². The fraction of sp³-hybridized carbons (Fsp3) is 0.222. The molecule has 2 aromatic carbocycles. The molecular formula is C27H23N3O4. The van der Waals surface area contributed by atoms with Crippen LogP contribution < -0.4 is 10.9 Å². The number of nitrogens with one attached hydrogen (secondary N) is 1. The standard InChI is InChI=1S/C27H23N3O4/c31-25(24-6-3-11-34-24)28-22-9-10-23-21-12-17(15-30(23)27(22)33)14-29(16-21)26(32)20-8-7-18-4-1-2-5-19(18)13-20/h1-11,13,17,21H,12,14-16H2,(H,28,31). The molecule has 2 aromatic heterocycles. The van der Waals surface area contributed by atoms with Gasteiger partial charge in [-0.3, -0.25) is 14.4 Å². The van der Waals surface area contributed by atoms with E-state index in [4.69, 9.17) is 4.42 Å². The van der Waals surface area contributed by atoms with E-state index in [1.54, 1.807) is 22.8 Å². The summed E-state index contributed by atoms with van der Waals surface area (Å²) in [5, 5.41) is 4.82. The van der Waals surface area contributed by atoms with Crippen LogP contribution in [0.2, 0.25) is 0 Å². The molecule has 2 unspecified atom stereocenters. The van der Waals surface area contributed by atoms with Crippen molar-refractivity contribution in [2.45, 2.75) is 18.9 Å². The monoisotopic (exact) mass is 453 g/mol. The number of furan rings is 1. The minimum absolute atomic E-state index is 0.0265. The third-order valence-electron chi connectivity index (χ3n) is 6.88. The van der Waals surface area contributed by atoms with Gasteiger partial charge in [-0.05, 0) is 59.5 Å². The molecule has 0 saturated carbocycles. The van der Waals surface area contributed by atoms with Crippen molar-refractivity contribution in [2.75, 3.05) is 18.4 Å². The molecule has 34 heavy (non-hydrogen) atoms. The zero-order valence-electron chi connectivity index (χ0n) is 18.4. The summed E-state index contributed by atoms with van der Waals surface area (Å²) in [7, 11) is 0. The van der Waals surface area contributed by atoms with Crippen LogP contribution >= 0.6 is 0 Å². The molecule has 7 nitrogen and oxygen atoms in total. The quantitative estimate of drug-likeness (QED) is 0.506. The van der Waals surface area contributed by atoms with Crippen molar-refractivity contribution in [1.82, 2.24) is 9.47 Å². The van der Waals surface area contributed by atoms with Crippen LogP contribution in [0, 0.1) is 5.92 Å². The van der Waals surface area contributed by atoms with E-state index in [-0.39, 0.29) is 34.7 Å².